The predicted molar refractivity (Wildman–Crippen MR) is 136 cm³/mol. The van der Waals surface area contributed by atoms with Gasteiger partial charge in [0, 0.05) is 19.1 Å². The summed E-state index contributed by atoms with van der Waals surface area (Å²) in [5.41, 5.74) is 0.887. The SMILES string of the molecule is CCCN(CCC)CCN1C(=O)c2cc3sccc3n2C[C@@]1(C)C(=O)NC1CCCCCC1. The number of hydrogen-bond donors (Lipinski definition) is 1. The summed E-state index contributed by atoms with van der Waals surface area (Å²) in [4.78, 5) is 31.9. The van der Waals surface area contributed by atoms with Crippen molar-refractivity contribution in [2.75, 3.05) is 26.2 Å². The first-order valence-corrected chi connectivity index (χ1v) is 13.8. The Morgan fingerprint density at radius 3 is 2.52 bits per heavy atom. The Kier molecular flexibility index (Phi) is 7.80. The van der Waals surface area contributed by atoms with E-state index in [0.29, 0.717) is 18.8 Å². The average molecular weight is 473 g/mol. The highest BCUT2D eigenvalue weighted by Gasteiger charge is 2.48. The maximum Gasteiger partial charge on any atom is 0.271 e. The summed E-state index contributed by atoms with van der Waals surface area (Å²) in [6.45, 7) is 10.3. The van der Waals surface area contributed by atoms with Crippen molar-refractivity contribution in [2.45, 2.75) is 90.3 Å². The molecule has 2 amide bonds. The third-order valence-electron chi connectivity index (χ3n) is 7.45. The van der Waals surface area contributed by atoms with Crippen LogP contribution < -0.4 is 5.32 Å². The molecule has 0 spiro atoms. The molecular formula is C26H40N4O2S. The first kappa shape index (κ1) is 24.3. The molecule has 1 aliphatic heterocycles. The van der Waals surface area contributed by atoms with E-state index < -0.39 is 5.54 Å². The molecular weight excluding hydrogens is 432 g/mol. The number of hydrogen-bond acceptors (Lipinski definition) is 4. The van der Waals surface area contributed by atoms with E-state index >= 15 is 0 Å². The number of aromatic nitrogens is 1. The lowest BCUT2D eigenvalue weighted by Crippen LogP contribution is -2.65. The van der Waals surface area contributed by atoms with Crippen LogP contribution in [0.5, 0.6) is 0 Å². The standard InChI is InChI=1S/C26H40N4O2S/c1-4-13-28(14-5-2)15-16-30-24(31)22-18-23-21(12-17-33-23)29(22)19-26(30,3)25(32)27-20-10-8-6-7-9-11-20/h12,17-18,20H,4-11,13-16,19H2,1-3H3,(H,27,32)/t26-/m0/s1. The minimum absolute atomic E-state index is 0.00279. The normalized spacial score (nSPS) is 22.1. The van der Waals surface area contributed by atoms with Crippen LogP contribution in [0, 0.1) is 0 Å². The van der Waals surface area contributed by atoms with E-state index in [-0.39, 0.29) is 17.9 Å². The lowest BCUT2D eigenvalue weighted by Gasteiger charge is -2.45. The highest BCUT2D eigenvalue weighted by atomic mass is 32.1. The van der Waals surface area contributed by atoms with Gasteiger partial charge in [0.2, 0.25) is 5.91 Å². The fourth-order valence-electron chi connectivity index (χ4n) is 5.60. The number of nitrogens with one attached hydrogen (secondary N) is 1. The zero-order chi connectivity index (χ0) is 23.4. The fraction of sp³-hybridized carbons (Fsp3) is 0.692. The molecule has 0 saturated heterocycles. The van der Waals surface area contributed by atoms with Crippen LogP contribution in [0.2, 0.25) is 0 Å². The molecule has 4 rings (SSSR count). The maximum atomic E-state index is 13.8. The molecule has 6 nitrogen and oxygen atoms in total. The molecule has 7 heteroatoms. The summed E-state index contributed by atoms with van der Waals surface area (Å²) in [6, 6.07) is 4.30. The zero-order valence-electron chi connectivity index (χ0n) is 20.6. The van der Waals surface area contributed by atoms with Gasteiger partial charge in [-0.05, 0) is 63.2 Å². The third-order valence-corrected chi connectivity index (χ3v) is 8.30. The summed E-state index contributed by atoms with van der Waals surface area (Å²) >= 11 is 1.65. The molecule has 2 aromatic heterocycles. The van der Waals surface area contributed by atoms with Gasteiger partial charge in [-0.15, -0.1) is 11.3 Å². The van der Waals surface area contributed by atoms with Gasteiger partial charge in [-0.1, -0.05) is 39.5 Å². The van der Waals surface area contributed by atoms with Crippen LogP contribution in [-0.4, -0.2) is 63.9 Å². The summed E-state index contributed by atoms with van der Waals surface area (Å²) in [6.07, 6.45) is 9.11. The lowest BCUT2D eigenvalue weighted by molar-refractivity contribution is -0.133. The highest BCUT2D eigenvalue weighted by molar-refractivity contribution is 7.17. The van der Waals surface area contributed by atoms with Crippen molar-refractivity contribution in [1.29, 1.82) is 0 Å². The van der Waals surface area contributed by atoms with Crippen LogP contribution in [0.3, 0.4) is 0 Å². The Morgan fingerprint density at radius 2 is 1.85 bits per heavy atom. The van der Waals surface area contributed by atoms with E-state index in [9.17, 15) is 9.59 Å². The second-order valence-electron chi connectivity index (χ2n) is 10.0. The van der Waals surface area contributed by atoms with E-state index in [1.807, 2.05) is 17.9 Å². The third kappa shape index (κ3) is 4.99. The van der Waals surface area contributed by atoms with E-state index in [2.05, 4.69) is 40.1 Å². The van der Waals surface area contributed by atoms with Crippen LogP contribution in [0.4, 0.5) is 0 Å². The summed E-state index contributed by atoms with van der Waals surface area (Å²) in [5.74, 6) is -0.0147. The van der Waals surface area contributed by atoms with Gasteiger partial charge in [0.25, 0.3) is 5.91 Å². The first-order chi connectivity index (χ1) is 16.0. The first-order valence-electron chi connectivity index (χ1n) is 12.9. The molecule has 182 valence electrons. The number of amides is 2. The predicted octanol–water partition coefficient (Wildman–Crippen LogP) is 4.88. The smallest absolute Gasteiger partial charge is 0.271 e. The molecule has 0 aromatic carbocycles. The molecule has 3 heterocycles. The van der Waals surface area contributed by atoms with Gasteiger partial charge < -0.3 is 19.7 Å². The van der Waals surface area contributed by atoms with E-state index in [4.69, 9.17) is 0 Å². The Labute approximate surface area is 202 Å². The number of nitrogens with zero attached hydrogens (tertiary/aromatic N) is 3. The van der Waals surface area contributed by atoms with Crippen molar-refractivity contribution >= 4 is 33.4 Å². The molecule has 2 aromatic rings. The minimum atomic E-state index is -0.894. The van der Waals surface area contributed by atoms with Gasteiger partial charge >= 0.3 is 0 Å². The van der Waals surface area contributed by atoms with Crippen LogP contribution in [0.15, 0.2) is 17.5 Å². The lowest BCUT2D eigenvalue weighted by atomic mass is 9.93. The number of rotatable bonds is 9. The van der Waals surface area contributed by atoms with Gasteiger partial charge in [-0.25, -0.2) is 0 Å². The Morgan fingerprint density at radius 1 is 1.15 bits per heavy atom. The molecule has 33 heavy (non-hydrogen) atoms. The molecule has 1 fully saturated rings. The molecule has 1 N–H and O–H groups in total. The molecule has 1 atom stereocenters. The van der Waals surface area contributed by atoms with Gasteiger partial charge in [-0.3, -0.25) is 9.59 Å². The van der Waals surface area contributed by atoms with E-state index in [1.165, 1.54) is 25.7 Å². The quantitative estimate of drug-likeness (QED) is 0.529. The fourth-order valence-corrected chi connectivity index (χ4v) is 6.42. The minimum Gasteiger partial charge on any atom is -0.351 e. The molecule has 0 unspecified atom stereocenters. The number of fused-ring (bicyclic) bond motifs is 3. The Hall–Kier alpha value is -1.86. The molecule has 0 bridgehead atoms. The van der Waals surface area contributed by atoms with Crippen LogP contribution in [0.1, 0.15) is 82.6 Å². The zero-order valence-corrected chi connectivity index (χ0v) is 21.4. The van der Waals surface area contributed by atoms with Crippen LogP contribution >= 0.6 is 11.3 Å². The number of carbonyl (C=O) groups excluding carboxylic acids is 2. The van der Waals surface area contributed by atoms with Crippen molar-refractivity contribution in [3.05, 3.63) is 23.2 Å². The number of thiophene rings is 1. The van der Waals surface area contributed by atoms with Gasteiger partial charge in [0.15, 0.2) is 0 Å². The second-order valence-corrected chi connectivity index (χ2v) is 11.0. The monoisotopic (exact) mass is 472 g/mol. The van der Waals surface area contributed by atoms with Crippen molar-refractivity contribution in [1.82, 2.24) is 19.7 Å². The van der Waals surface area contributed by atoms with Crippen molar-refractivity contribution in [2.24, 2.45) is 0 Å². The van der Waals surface area contributed by atoms with Crippen molar-refractivity contribution < 1.29 is 9.59 Å². The topological polar surface area (TPSA) is 57.6 Å². The second kappa shape index (κ2) is 10.6. The average Bonchev–Trinajstić information content (AvgIpc) is 3.28. The van der Waals surface area contributed by atoms with E-state index in [1.54, 1.807) is 11.3 Å². The Bertz CT molecular complexity index is 953. The van der Waals surface area contributed by atoms with Crippen LogP contribution in [-0.2, 0) is 11.3 Å². The molecule has 1 aliphatic carbocycles. The maximum absolute atomic E-state index is 13.8. The highest BCUT2D eigenvalue weighted by Crippen LogP contribution is 2.34. The van der Waals surface area contributed by atoms with Crippen LogP contribution in [0.25, 0.3) is 10.2 Å². The Balaban J connectivity index is 1.62. The number of carbonyl (C=O) groups is 2. The van der Waals surface area contributed by atoms with Crippen molar-refractivity contribution in [3.8, 4) is 0 Å². The molecule has 2 aliphatic rings. The molecule has 1 saturated carbocycles. The van der Waals surface area contributed by atoms with Gasteiger partial charge in [0.1, 0.15) is 11.2 Å². The summed E-state index contributed by atoms with van der Waals surface area (Å²) in [5, 5.41) is 5.43. The van der Waals surface area contributed by atoms with Gasteiger partial charge in [-0.2, -0.15) is 0 Å². The summed E-state index contributed by atoms with van der Waals surface area (Å²) < 4.78 is 3.19. The van der Waals surface area contributed by atoms with Gasteiger partial charge in [0.05, 0.1) is 16.8 Å². The molecule has 0 radical (unpaired) electrons. The van der Waals surface area contributed by atoms with Crippen molar-refractivity contribution in [3.63, 3.8) is 0 Å². The summed E-state index contributed by atoms with van der Waals surface area (Å²) in [7, 11) is 0. The van der Waals surface area contributed by atoms with E-state index in [0.717, 1.165) is 55.5 Å². The largest absolute Gasteiger partial charge is 0.351 e.